The minimum atomic E-state index is 0.776. The molecule has 1 nitrogen and oxygen atoms in total. The van der Waals surface area contributed by atoms with Crippen molar-refractivity contribution >= 4 is 11.8 Å². The number of hydrogen-bond donors (Lipinski definition) is 1. The lowest BCUT2D eigenvalue weighted by Gasteiger charge is -2.35. The average molecular weight is 241 g/mol. The minimum absolute atomic E-state index is 0.776. The van der Waals surface area contributed by atoms with Crippen LogP contribution >= 0.6 is 11.8 Å². The van der Waals surface area contributed by atoms with Gasteiger partial charge in [-0.2, -0.15) is 11.8 Å². The van der Waals surface area contributed by atoms with E-state index in [2.05, 4.69) is 25.7 Å². The van der Waals surface area contributed by atoms with Gasteiger partial charge in [-0.15, -0.1) is 6.58 Å². The summed E-state index contributed by atoms with van der Waals surface area (Å²) in [4.78, 5) is 0. The van der Waals surface area contributed by atoms with Crippen LogP contribution in [0.4, 0.5) is 0 Å². The second-order valence-corrected chi connectivity index (χ2v) is 6.27. The van der Waals surface area contributed by atoms with E-state index >= 15 is 0 Å². The van der Waals surface area contributed by atoms with Crippen molar-refractivity contribution in [1.82, 2.24) is 5.32 Å². The molecule has 1 saturated carbocycles. The molecule has 1 fully saturated rings. The van der Waals surface area contributed by atoms with Gasteiger partial charge < -0.3 is 5.32 Å². The molecule has 0 radical (unpaired) electrons. The highest BCUT2D eigenvalue weighted by atomic mass is 32.2. The average Bonchev–Trinajstić information content (AvgIpc) is 2.29. The molecule has 1 rings (SSSR count). The Bertz CT molecular complexity index is 191. The molecule has 0 spiro atoms. The first kappa shape index (κ1) is 14.1. The van der Waals surface area contributed by atoms with Crippen molar-refractivity contribution in [1.29, 1.82) is 0 Å². The summed E-state index contributed by atoms with van der Waals surface area (Å²) < 4.78 is 0. The molecule has 2 atom stereocenters. The van der Waals surface area contributed by atoms with Crippen LogP contribution in [-0.2, 0) is 0 Å². The Kier molecular flexibility index (Phi) is 7.22. The lowest BCUT2D eigenvalue weighted by atomic mass is 9.78. The minimum Gasteiger partial charge on any atom is -0.313 e. The molecule has 16 heavy (non-hydrogen) atoms. The third-order valence-electron chi connectivity index (χ3n) is 3.56. The fourth-order valence-corrected chi connectivity index (χ4v) is 3.29. The topological polar surface area (TPSA) is 12.0 Å². The fraction of sp³-hybridized carbons (Fsp3) is 0.857. The van der Waals surface area contributed by atoms with Crippen molar-refractivity contribution in [3.63, 3.8) is 0 Å². The Morgan fingerprint density at radius 3 is 2.81 bits per heavy atom. The molecule has 0 amide bonds. The molecule has 0 bridgehead atoms. The third kappa shape index (κ3) is 4.92. The summed E-state index contributed by atoms with van der Waals surface area (Å²) >= 11 is 1.97. The van der Waals surface area contributed by atoms with E-state index < -0.39 is 0 Å². The SMILES string of the molecule is C=CCSCCNC1CCCCC1C(C)C. The summed E-state index contributed by atoms with van der Waals surface area (Å²) in [7, 11) is 0. The smallest absolute Gasteiger partial charge is 0.0111 e. The lowest BCUT2D eigenvalue weighted by Crippen LogP contribution is -2.41. The number of rotatable bonds is 7. The van der Waals surface area contributed by atoms with E-state index in [1.54, 1.807) is 0 Å². The largest absolute Gasteiger partial charge is 0.313 e. The molecule has 0 aromatic rings. The van der Waals surface area contributed by atoms with Gasteiger partial charge in [0.15, 0.2) is 0 Å². The molecular formula is C14H27NS. The van der Waals surface area contributed by atoms with Gasteiger partial charge in [0.25, 0.3) is 0 Å². The number of thioether (sulfide) groups is 1. The standard InChI is InChI=1S/C14H27NS/c1-4-10-16-11-9-15-14-8-6-5-7-13(14)12(2)3/h4,12-15H,1,5-11H2,2-3H3. The van der Waals surface area contributed by atoms with Crippen LogP contribution in [0.15, 0.2) is 12.7 Å². The molecule has 2 heteroatoms. The second kappa shape index (κ2) is 8.19. The Balaban J connectivity index is 2.19. The summed E-state index contributed by atoms with van der Waals surface area (Å²) in [5, 5.41) is 3.76. The highest BCUT2D eigenvalue weighted by Gasteiger charge is 2.26. The van der Waals surface area contributed by atoms with Crippen molar-refractivity contribution in [2.24, 2.45) is 11.8 Å². The maximum Gasteiger partial charge on any atom is 0.0111 e. The molecule has 94 valence electrons. The Morgan fingerprint density at radius 2 is 2.12 bits per heavy atom. The number of hydrogen-bond acceptors (Lipinski definition) is 2. The predicted molar refractivity (Wildman–Crippen MR) is 76.1 cm³/mol. The van der Waals surface area contributed by atoms with E-state index in [1.165, 1.54) is 31.4 Å². The summed E-state index contributed by atoms with van der Waals surface area (Å²) in [5.74, 6) is 4.03. The third-order valence-corrected chi connectivity index (χ3v) is 4.53. The summed E-state index contributed by atoms with van der Waals surface area (Å²) in [6.45, 7) is 9.65. The summed E-state index contributed by atoms with van der Waals surface area (Å²) in [6, 6.07) is 0.776. The van der Waals surface area contributed by atoms with Gasteiger partial charge in [-0.25, -0.2) is 0 Å². The van der Waals surface area contributed by atoms with Crippen molar-refractivity contribution in [2.75, 3.05) is 18.1 Å². The maximum absolute atomic E-state index is 3.76. The Hall–Kier alpha value is 0.0500. The van der Waals surface area contributed by atoms with E-state index in [1.807, 2.05) is 17.8 Å². The van der Waals surface area contributed by atoms with E-state index in [4.69, 9.17) is 0 Å². The van der Waals surface area contributed by atoms with Crippen LogP contribution < -0.4 is 5.32 Å². The zero-order valence-corrected chi connectivity index (χ0v) is 11.7. The van der Waals surface area contributed by atoms with E-state index in [0.717, 1.165) is 30.2 Å². The van der Waals surface area contributed by atoms with Crippen molar-refractivity contribution in [2.45, 2.75) is 45.6 Å². The van der Waals surface area contributed by atoms with Gasteiger partial charge >= 0.3 is 0 Å². The summed E-state index contributed by atoms with van der Waals surface area (Å²) in [6.07, 6.45) is 7.65. The lowest BCUT2D eigenvalue weighted by molar-refractivity contribution is 0.208. The van der Waals surface area contributed by atoms with Crippen LogP contribution in [-0.4, -0.2) is 24.1 Å². The Morgan fingerprint density at radius 1 is 1.38 bits per heavy atom. The number of nitrogens with one attached hydrogen (secondary N) is 1. The Labute approximate surface area is 105 Å². The summed E-state index contributed by atoms with van der Waals surface area (Å²) in [5.41, 5.74) is 0. The predicted octanol–water partition coefficient (Wildman–Crippen LogP) is 3.71. The van der Waals surface area contributed by atoms with Crippen molar-refractivity contribution in [3.8, 4) is 0 Å². The molecule has 0 saturated heterocycles. The van der Waals surface area contributed by atoms with Gasteiger partial charge in [-0.1, -0.05) is 32.8 Å². The molecule has 1 aliphatic carbocycles. The van der Waals surface area contributed by atoms with Gasteiger partial charge in [-0.3, -0.25) is 0 Å². The first-order valence-electron chi connectivity index (χ1n) is 6.67. The molecule has 2 unspecified atom stereocenters. The van der Waals surface area contributed by atoms with Crippen LogP contribution in [0.3, 0.4) is 0 Å². The normalized spacial score (nSPS) is 25.9. The van der Waals surface area contributed by atoms with Crippen LogP contribution in [0, 0.1) is 11.8 Å². The van der Waals surface area contributed by atoms with Gasteiger partial charge in [0.05, 0.1) is 0 Å². The van der Waals surface area contributed by atoms with Crippen LogP contribution in [0.1, 0.15) is 39.5 Å². The first-order chi connectivity index (χ1) is 7.75. The fourth-order valence-electron chi connectivity index (χ4n) is 2.69. The van der Waals surface area contributed by atoms with Gasteiger partial charge in [0, 0.05) is 24.1 Å². The monoisotopic (exact) mass is 241 g/mol. The molecule has 1 aliphatic rings. The van der Waals surface area contributed by atoms with E-state index in [9.17, 15) is 0 Å². The molecular weight excluding hydrogens is 214 g/mol. The second-order valence-electron chi connectivity index (χ2n) is 5.12. The zero-order valence-electron chi connectivity index (χ0n) is 10.9. The van der Waals surface area contributed by atoms with Crippen molar-refractivity contribution < 1.29 is 0 Å². The highest BCUT2D eigenvalue weighted by Crippen LogP contribution is 2.30. The van der Waals surface area contributed by atoms with Gasteiger partial charge in [0.2, 0.25) is 0 Å². The molecule has 0 heterocycles. The van der Waals surface area contributed by atoms with E-state index in [-0.39, 0.29) is 0 Å². The maximum atomic E-state index is 3.76. The molecule has 0 aliphatic heterocycles. The van der Waals surface area contributed by atoms with Crippen LogP contribution in [0.25, 0.3) is 0 Å². The molecule has 0 aromatic heterocycles. The van der Waals surface area contributed by atoms with Gasteiger partial charge in [0.1, 0.15) is 0 Å². The van der Waals surface area contributed by atoms with Crippen LogP contribution in [0.2, 0.25) is 0 Å². The quantitative estimate of drug-likeness (QED) is 0.539. The zero-order chi connectivity index (χ0) is 11.8. The van der Waals surface area contributed by atoms with Gasteiger partial charge in [-0.05, 0) is 24.7 Å². The van der Waals surface area contributed by atoms with Crippen LogP contribution in [0.5, 0.6) is 0 Å². The first-order valence-corrected chi connectivity index (χ1v) is 7.83. The molecule has 1 N–H and O–H groups in total. The molecule has 0 aromatic carbocycles. The van der Waals surface area contributed by atoms with E-state index in [0.29, 0.717) is 0 Å². The highest BCUT2D eigenvalue weighted by molar-refractivity contribution is 7.99. The van der Waals surface area contributed by atoms with Crippen molar-refractivity contribution in [3.05, 3.63) is 12.7 Å².